The fraction of sp³-hybridized carbons (Fsp3) is 0.733. The highest BCUT2D eigenvalue weighted by Crippen LogP contribution is 2.27. The predicted molar refractivity (Wildman–Crippen MR) is 72.2 cm³/mol. The third-order valence-electron chi connectivity index (χ3n) is 3.23. The van der Waals surface area contributed by atoms with Crippen molar-refractivity contribution in [2.75, 3.05) is 0 Å². The number of hydrogen-bond donors (Lipinski definition) is 1. The first-order valence-corrected chi connectivity index (χ1v) is 6.59. The monoisotopic (exact) mass is 221 g/mol. The molecule has 1 aliphatic heterocycles. The maximum Gasteiger partial charge on any atom is 0.0476 e. The highest BCUT2D eigenvalue weighted by Gasteiger charge is 2.21. The lowest BCUT2D eigenvalue weighted by Gasteiger charge is -2.30. The van der Waals surface area contributed by atoms with E-state index in [4.69, 9.17) is 0 Å². The summed E-state index contributed by atoms with van der Waals surface area (Å²) in [7, 11) is 0. The molecule has 0 bridgehead atoms. The molecule has 1 heteroatoms. The quantitative estimate of drug-likeness (QED) is 0.753. The fourth-order valence-electron chi connectivity index (χ4n) is 2.21. The lowest BCUT2D eigenvalue weighted by atomic mass is 9.85. The molecule has 1 rings (SSSR count). The van der Waals surface area contributed by atoms with Crippen LogP contribution in [0.1, 0.15) is 48.0 Å². The Morgan fingerprint density at radius 1 is 1.06 bits per heavy atom. The first kappa shape index (κ1) is 13.3. The van der Waals surface area contributed by atoms with Gasteiger partial charge in [-0.25, -0.2) is 0 Å². The third kappa shape index (κ3) is 3.40. The van der Waals surface area contributed by atoms with E-state index in [2.05, 4.69) is 59.1 Å². The van der Waals surface area contributed by atoms with Gasteiger partial charge in [-0.2, -0.15) is 0 Å². The molecule has 0 aromatic heterocycles. The van der Waals surface area contributed by atoms with Crippen molar-refractivity contribution in [3.63, 3.8) is 0 Å². The second-order valence-corrected chi connectivity index (χ2v) is 5.95. The summed E-state index contributed by atoms with van der Waals surface area (Å²) in [5, 5.41) is 3.58. The van der Waals surface area contributed by atoms with E-state index in [0.29, 0.717) is 17.9 Å². The highest BCUT2D eigenvalue weighted by molar-refractivity contribution is 5.33. The molecule has 0 saturated carbocycles. The molecular formula is C15H27N. The Hall–Kier alpha value is -0.720. The Kier molecular flexibility index (Phi) is 4.64. The second kappa shape index (κ2) is 5.56. The molecular weight excluding hydrogens is 194 g/mol. The molecule has 0 saturated heterocycles. The van der Waals surface area contributed by atoms with Crippen molar-refractivity contribution in [2.45, 2.75) is 54.0 Å². The molecule has 0 spiro atoms. The van der Waals surface area contributed by atoms with Crippen LogP contribution in [0.2, 0.25) is 0 Å². The summed E-state index contributed by atoms with van der Waals surface area (Å²) in [6.45, 7) is 13.7. The number of dihydropyridines is 1. The zero-order valence-corrected chi connectivity index (χ0v) is 11.7. The van der Waals surface area contributed by atoms with Crippen molar-refractivity contribution in [1.29, 1.82) is 0 Å². The Balaban J connectivity index is 2.83. The highest BCUT2D eigenvalue weighted by atomic mass is 14.9. The molecule has 0 aromatic carbocycles. The summed E-state index contributed by atoms with van der Waals surface area (Å²) in [6, 6.07) is 0.544. The average molecular weight is 221 g/mol. The summed E-state index contributed by atoms with van der Waals surface area (Å²) in [4.78, 5) is 0. The largest absolute Gasteiger partial charge is 0.384 e. The van der Waals surface area contributed by atoms with Crippen LogP contribution < -0.4 is 5.32 Å². The summed E-state index contributed by atoms with van der Waals surface area (Å²) in [5.41, 5.74) is 3.00. The number of rotatable bonds is 4. The molecule has 1 heterocycles. The van der Waals surface area contributed by atoms with Gasteiger partial charge in [-0.05, 0) is 35.3 Å². The van der Waals surface area contributed by atoms with Gasteiger partial charge < -0.3 is 5.32 Å². The van der Waals surface area contributed by atoms with Gasteiger partial charge in [-0.3, -0.25) is 0 Å². The maximum absolute atomic E-state index is 3.58. The zero-order valence-electron chi connectivity index (χ0n) is 11.7. The van der Waals surface area contributed by atoms with Crippen LogP contribution in [0.5, 0.6) is 0 Å². The van der Waals surface area contributed by atoms with Gasteiger partial charge in [0.25, 0.3) is 0 Å². The molecule has 1 aliphatic rings. The minimum Gasteiger partial charge on any atom is -0.384 e. The van der Waals surface area contributed by atoms with E-state index in [1.807, 2.05) is 0 Å². The zero-order chi connectivity index (χ0) is 12.3. The van der Waals surface area contributed by atoms with Crippen LogP contribution in [0.25, 0.3) is 0 Å². The van der Waals surface area contributed by atoms with Gasteiger partial charge in [0.1, 0.15) is 0 Å². The molecule has 0 aromatic rings. The smallest absolute Gasteiger partial charge is 0.0476 e. The van der Waals surface area contributed by atoms with Crippen LogP contribution in [0.3, 0.4) is 0 Å². The molecule has 92 valence electrons. The van der Waals surface area contributed by atoms with Crippen LogP contribution >= 0.6 is 0 Å². The number of allylic oxidation sites excluding steroid dienone is 2. The molecule has 0 radical (unpaired) electrons. The van der Waals surface area contributed by atoms with Crippen molar-refractivity contribution in [2.24, 2.45) is 17.8 Å². The van der Waals surface area contributed by atoms with Gasteiger partial charge >= 0.3 is 0 Å². The van der Waals surface area contributed by atoms with Gasteiger partial charge in [0.15, 0.2) is 0 Å². The number of nitrogens with one attached hydrogen (secondary N) is 1. The van der Waals surface area contributed by atoms with E-state index in [1.165, 1.54) is 12.0 Å². The van der Waals surface area contributed by atoms with Crippen molar-refractivity contribution < 1.29 is 0 Å². The average Bonchev–Trinajstić information content (AvgIpc) is 2.16. The van der Waals surface area contributed by atoms with Gasteiger partial charge in [0.05, 0.1) is 0 Å². The van der Waals surface area contributed by atoms with Gasteiger partial charge in [0, 0.05) is 12.2 Å². The van der Waals surface area contributed by atoms with Crippen LogP contribution in [0, 0.1) is 17.8 Å². The minimum atomic E-state index is 0.544. The molecule has 1 atom stereocenters. The van der Waals surface area contributed by atoms with Crippen LogP contribution in [-0.4, -0.2) is 6.04 Å². The molecule has 0 amide bonds. The first-order valence-electron chi connectivity index (χ1n) is 6.59. The summed E-state index contributed by atoms with van der Waals surface area (Å²) >= 11 is 0. The van der Waals surface area contributed by atoms with Crippen molar-refractivity contribution >= 4 is 0 Å². The molecule has 0 fully saturated rings. The molecule has 1 N–H and O–H groups in total. The van der Waals surface area contributed by atoms with E-state index < -0.39 is 0 Å². The standard InChI is InChI=1S/C15H27N/c1-10(2)7-15-14(12(5)6)8-13(9-16-15)11(3)4/h8-12,15-16H,7H2,1-6H3. The van der Waals surface area contributed by atoms with E-state index in [-0.39, 0.29) is 0 Å². The topological polar surface area (TPSA) is 12.0 Å². The number of hydrogen-bond acceptors (Lipinski definition) is 1. The summed E-state index contributed by atoms with van der Waals surface area (Å²) in [6.07, 6.45) is 5.86. The van der Waals surface area contributed by atoms with E-state index in [1.54, 1.807) is 5.57 Å². The first-order chi connectivity index (χ1) is 7.41. The second-order valence-electron chi connectivity index (χ2n) is 5.95. The van der Waals surface area contributed by atoms with E-state index in [9.17, 15) is 0 Å². The summed E-state index contributed by atoms with van der Waals surface area (Å²) in [5.74, 6) is 1.99. The lowest BCUT2D eigenvalue weighted by molar-refractivity contribution is 0.461. The van der Waals surface area contributed by atoms with Gasteiger partial charge in [-0.1, -0.05) is 47.6 Å². The summed E-state index contributed by atoms with van der Waals surface area (Å²) < 4.78 is 0. The Morgan fingerprint density at radius 3 is 2.12 bits per heavy atom. The fourth-order valence-corrected chi connectivity index (χ4v) is 2.21. The molecule has 16 heavy (non-hydrogen) atoms. The van der Waals surface area contributed by atoms with E-state index >= 15 is 0 Å². The Labute approximate surface area is 101 Å². The Bertz CT molecular complexity index is 282. The lowest BCUT2D eigenvalue weighted by Crippen LogP contribution is -2.33. The van der Waals surface area contributed by atoms with Gasteiger partial charge in [-0.15, -0.1) is 0 Å². The van der Waals surface area contributed by atoms with Crippen molar-refractivity contribution in [1.82, 2.24) is 5.32 Å². The van der Waals surface area contributed by atoms with Gasteiger partial charge in [0.2, 0.25) is 0 Å². The Morgan fingerprint density at radius 2 is 1.69 bits per heavy atom. The normalized spacial score (nSPS) is 21.2. The predicted octanol–water partition coefficient (Wildman–Crippen LogP) is 4.13. The van der Waals surface area contributed by atoms with E-state index in [0.717, 1.165) is 5.92 Å². The van der Waals surface area contributed by atoms with Crippen LogP contribution in [0.4, 0.5) is 0 Å². The maximum atomic E-state index is 3.58. The minimum absolute atomic E-state index is 0.544. The van der Waals surface area contributed by atoms with Crippen LogP contribution in [0.15, 0.2) is 23.4 Å². The molecule has 0 aliphatic carbocycles. The van der Waals surface area contributed by atoms with Crippen LogP contribution in [-0.2, 0) is 0 Å². The molecule has 1 nitrogen and oxygen atoms in total. The SMILES string of the molecule is CC(C)CC1NC=C(C(C)C)C=C1C(C)C. The van der Waals surface area contributed by atoms with Crippen molar-refractivity contribution in [3.05, 3.63) is 23.4 Å². The molecule has 1 unspecified atom stereocenters. The van der Waals surface area contributed by atoms with Crippen molar-refractivity contribution in [3.8, 4) is 0 Å². The third-order valence-corrected chi connectivity index (χ3v) is 3.23.